The zero-order chi connectivity index (χ0) is 18.3. The van der Waals surface area contributed by atoms with Gasteiger partial charge in [-0.3, -0.25) is 0 Å². The van der Waals surface area contributed by atoms with E-state index < -0.39 is 67.5 Å². The van der Waals surface area contributed by atoms with Crippen molar-refractivity contribution in [1.82, 2.24) is 0 Å². The predicted molar refractivity (Wildman–Crippen MR) is 69.4 cm³/mol. The molecule has 122 valence electrons. The number of nitrogens with zero attached hydrogens (tertiary/aromatic N) is 2. The fraction of sp³-hybridized carbons (Fsp3) is 0. The first-order valence-corrected chi connectivity index (χ1v) is 5.91. The van der Waals surface area contributed by atoms with Gasteiger partial charge in [-0.1, -0.05) is 0 Å². The lowest BCUT2D eigenvalue weighted by Gasteiger charge is -2.09. The molecule has 0 aliphatic carbocycles. The number of nitrogens with two attached hydrogens (primary N) is 2. The Bertz CT molecular complexity index is 1020. The quantitative estimate of drug-likeness (QED) is 0.548. The van der Waals surface area contributed by atoms with E-state index in [4.69, 9.17) is 22.0 Å². The van der Waals surface area contributed by atoms with E-state index in [1.807, 2.05) is 0 Å². The molecule has 24 heavy (non-hydrogen) atoms. The highest BCUT2D eigenvalue weighted by Crippen LogP contribution is 2.26. The number of fused-ring (bicyclic) bond motifs is 1. The zero-order valence-electron chi connectivity index (χ0n) is 11.3. The Morgan fingerprint density at radius 3 is 1.12 bits per heavy atom. The summed E-state index contributed by atoms with van der Waals surface area (Å²) < 4.78 is 84.5. The smallest absolute Gasteiger partial charge is 0.172 e. The summed E-state index contributed by atoms with van der Waals surface area (Å²) in [7, 11) is 0. The Hall–Kier alpha value is -3.40. The average molecular weight is 342 g/mol. The molecule has 0 aliphatic rings. The molecule has 0 aliphatic heterocycles. The van der Waals surface area contributed by atoms with Crippen LogP contribution >= 0.6 is 0 Å². The standard InChI is InChI=1S/C14H4F6N4/c15-9-5(3(23)1-21)11(17)13(19)8-7(9)14(20)12(18)6(10(8)16)4(24)2-22/h23-24H2/b5-3-,6-4+. The van der Waals surface area contributed by atoms with Crippen molar-refractivity contribution in [3.63, 3.8) is 0 Å². The maximum Gasteiger partial charge on any atom is 0.172 e. The summed E-state index contributed by atoms with van der Waals surface area (Å²) in [5.74, 6) is -12.3. The molecule has 0 radical (unpaired) electrons. The summed E-state index contributed by atoms with van der Waals surface area (Å²) >= 11 is 0. The molecule has 0 aromatic heterocycles. The first-order valence-electron chi connectivity index (χ1n) is 5.91. The Labute approximate surface area is 129 Å². The second-order valence-electron chi connectivity index (χ2n) is 4.43. The molecule has 2 aromatic carbocycles. The molecule has 0 heterocycles. The Morgan fingerprint density at radius 2 is 0.875 bits per heavy atom. The van der Waals surface area contributed by atoms with Crippen LogP contribution < -0.4 is 21.9 Å². The van der Waals surface area contributed by atoms with Crippen LogP contribution in [0.5, 0.6) is 0 Å². The van der Waals surface area contributed by atoms with E-state index in [9.17, 15) is 26.3 Å². The van der Waals surface area contributed by atoms with E-state index in [-0.39, 0.29) is 0 Å². The van der Waals surface area contributed by atoms with E-state index in [1.165, 1.54) is 0 Å². The van der Waals surface area contributed by atoms with Gasteiger partial charge in [0.2, 0.25) is 0 Å². The fourth-order valence-corrected chi connectivity index (χ4v) is 2.10. The van der Waals surface area contributed by atoms with Gasteiger partial charge in [-0.25, -0.2) is 26.3 Å². The molecule has 0 bridgehead atoms. The summed E-state index contributed by atoms with van der Waals surface area (Å²) in [4.78, 5) is 0. The maximum atomic E-state index is 14.2. The minimum Gasteiger partial charge on any atom is -0.390 e. The van der Waals surface area contributed by atoms with Crippen LogP contribution in [0, 0.1) is 57.6 Å². The maximum absolute atomic E-state index is 14.2. The Kier molecular flexibility index (Phi) is 4.00. The Balaban J connectivity index is 3.43. The third kappa shape index (κ3) is 2.08. The summed E-state index contributed by atoms with van der Waals surface area (Å²) in [5, 5.41) is 11.0. The van der Waals surface area contributed by atoms with Crippen molar-refractivity contribution in [1.29, 1.82) is 10.5 Å². The van der Waals surface area contributed by atoms with Crippen molar-refractivity contribution in [3.05, 3.63) is 45.3 Å². The number of halogens is 6. The molecule has 0 spiro atoms. The van der Waals surface area contributed by atoms with Gasteiger partial charge in [-0.05, 0) is 0 Å². The number of hydrogen-bond acceptors (Lipinski definition) is 4. The molecule has 10 heteroatoms. The van der Waals surface area contributed by atoms with Gasteiger partial charge < -0.3 is 11.5 Å². The molecular formula is C14H4F6N4. The molecule has 2 rings (SSSR count). The van der Waals surface area contributed by atoms with Crippen LogP contribution in [0.1, 0.15) is 0 Å². The highest BCUT2D eigenvalue weighted by Gasteiger charge is 2.27. The Morgan fingerprint density at radius 1 is 0.583 bits per heavy atom. The van der Waals surface area contributed by atoms with Gasteiger partial charge in [0.1, 0.15) is 35.2 Å². The van der Waals surface area contributed by atoms with Crippen LogP contribution in [0.2, 0.25) is 0 Å². The monoisotopic (exact) mass is 342 g/mol. The highest BCUT2D eigenvalue weighted by atomic mass is 19.2. The van der Waals surface area contributed by atoms with Crippen molar-refractivity contribution in [3.8, 4) is 12.1 Å². The number of hydrogen-bond donors (Lipinski definition) is 2. The molecule has 0 unspecified atom stereocenters. The first kappa shape index (κ1) is 17.0. The number of rotatable bonds is 0. The highest BCUT2D eigenvalue weighted by molar-refractivity contribution is 5.87. The van der Waals surface area contributed by atoms with Crippen LogP contribution in [0.4, 0.5) is 26.3 Å². The largest absolute Gasteiger partial charge is 0.390 e. The molecule has 0 atom stereocenters. The van der Waals surface area contributed by atoms with Gasteiger partial charge in [0.25, 0.3) is 0 Å². The van der Waals surface area contributed by atoms with Crippen molar-refractivity contribution in [2.45, 2.75) is 0 Å². The van der Waals surface area contributed by atoms with Crippen molar-refractivity contribution < 1.29 is 26.3 Å². The number of benzene rings is 2. The zero-order valence-corrected chi connectivity index (χ0v) is 11.3. The molecule has 4 N–H and O–H groups in total. The van der Waals surface area contributed by atoms with Gasteiger partial charge in [-0.15, -0.1) is 0 Å². The molecule has 0 fully saturated rings. The molecule has 0 saturated heterocycles. The number of nitriles is 2. The lowest BCUT2D eigenvalue weighted by atomic mass is 10.0. The van der Waals surface area contributed by atoms with Crippen molar-refractivity contribution in [2.75, 3.05) is 0 Å². The first-order chi connectivity index (χ1) is 11.2. The topological polar surface area (TPSA) is 99.6 Å². The van der Waals surface area contributed by atoms with Gasteiger partial charge in [-0.2, -0.15) is 10.5 Å². The lowest BCUT2D eigenvalue weighted by molar-refractivity contribution is 0.470. The molecule has 0 saturated carbocycles. The van der Waals surface area contributed by atoms with Crippen LogP contribution in [0.15, 0.2) is 0 Å². The summed E-state index contributed by atoms with van der Waals surface area (Å²) in [6, 6.07) is 2.23. The summed E-state index contributed by atoms with van der Waals surface area (Å²) in [5.41, 5.74) is 7.69. The second kappa shape index (κ2) is 5.66. The third-order valence-electron chi connectivity index (χ3n) is 3.17. The minimum atomic E-state index is -2.12. The van der Waals surface area contributed by atoms with Crippen molar-refractivity contribution in [2.24, 2.45) is 11.5 Å². The predicted octanol–water partition coefficient (Wildman–Crippen LogP) is 0.855. The van der Waals surface area contributed by atoms with E-state index in [2.05, 4.69) is 0 Å². The van der Waals surface area contributed by atoms with Gasteiger partial charge in [0, 0.05) is 0 Å². The second-order valence-corrected chi connectivity index (χ2v) is 4.43. The van der Waals surface area contributed by atoms with Crippen LogP contribution in [0.3, 0.4) is 0 Å². The lowest BCUT2D eigenvalue weighted by Crippen LogP contribution is -2.28. The average Bonchev–Trinajstić information content (AvgIpc) is 2.55. The molecule has 0 amide bonds. The normalized spacial score (nSPS) is 13.3. The van der Waals surface area contributed by atoms with Gasteiger partial charge >= 0.3 is 0 Å². The SMILES string of the molecule is N#C/C(N)=c1/c(F)c(F)c2c(F)/c(=C(\N)C#N)c(F)c(F)c2c1F. The van der Waals surface area contributed by atoms with Crippen LogP contribution in [-0.4, -0.2) is 0 Å². The van der Waals surface area contributed by atoms with Gasteiger partial charge in [0.05, 0.1) is 21.2 Å². The van der Waals surface area contributed by atoms with E-state index in [1.54, 1.807) is 0 Å². The summed E-state index contributed by atoms with van der Waals surface area (Å²) in [6.45, 7) is 0. The van der Waals surface area contributed by atoms with Crippen LogP contribution in [0.25, 0.3) is 22.2 Å². The van der Waals surface area contributed by atoms with Crippen LogP contribution in [-0.2, 0) is 0 Å². The van der Waals surface area contributed by atoms with Crippen molar-refractivity contribution >= 4 is 22.2 Å². The summed E-state index contributed by atoms with van der Waals surface area (Å²) in [6.07, 6.45) is 0. The molecule has 2 aromatic rings. The van der Waals surface area contributed by atoms with E-state index in [0.29, 0.717) is 0 Å². The van der Waals surface area contributed by atoms with E-state index in [0.717, 1.165) is 12.1 Å². The van der Waals surface area contributed by atoms with Gasteiger partial charge in [0.15, 0.2) is 23.3 Å². The van der Waals surface area contributed by atoms with E-state index >= 15 is 0 Å². The minimum absolute atomic E-state index is 1.11. The molecular weight excluding hydrogens is 338 g/mol. The molecule has 4 nitrogen and oxygen atoms in total. The third-order valence-corrected chi connectivity index (χ3v) is 3.17. The fourth-order valence-electron chi connectivity index (χ4n) is 2.10.